The van der Waals surface area contributed by atoms with Crippen LogP contribution in [-0.4, -0.2) is 0 Å². The van der Waals surface area contributed by atoms with Crippen molar-refractivity contribution in [1.29, 1.82) is 0 Å². The molecule has 0 atom stereocenters. The standard InChI is InChI=1S/C12H12I2/c1-8-4-2-3-5-10-9(8)6-7-11(13)12(10)14/h6-7H,1-5H2. The molecule has 1 aromatic carbocycles. The first kappa shape index (κ1) is 10.9. The summed E-state index contributed by atoms with van der Waals surface area (Å²) in [6.07, 6.45) is 5.00. The Kier molecular flexibility index (Phi) is 3.52. The maximum Gasteiger partial charge on any atom is 0.0301 e. The number of benzene rings is 1. The summed E-state index contributed by atoms with van der Waals surface area (Å²) in [5.74, 6) is 0. The van der Waals surface area contributed by atoms with Gasteiger partial charge in [-0.15, -0.1) is 0 Å². The summed E-state index contributed by atoms with van der Waals surface area (Å²) < 4.78 is 2.81. The minimum Gasteiger partial charge on any atom is -0.0952 e. The van der Waals surface area contributed by atoms with E-state index in [1.807, 2.05) is 0 Å². The Balaban J connectivity index is 2.58. The highest BCUT2D eigenvalue weighted by Crippen LogP contribution is 2.33. The molecule has 2 rings (SSSR count). The Hall–Kier alpha value is 0.420. The maximum absolute atomic E-state index is 4.18. The molecule has 0 spiro atoms. The Morgan fingerprint density at radius 3 is 2.57 bits per heavy atom. The van der Waals surface area contributed by atoms with E-state index in [2.05, 4.69) is 63.9 Å². The van der Waals surface area contributed by atoms with Gasteiger partial charge in [0.25, 0.3) is 0 Å². The van der Waals surface area contributed by atoms with Gasteiger partial charge in [0.05, 0.1) is 0 Å². The molecule has 0 aromatic heterocycles. The largest absolute Gasteiger partial charge is 0.0952 e. The Labute approximate surface area is 112 Å². The average Bonchev–Trinajstić information content (AvgIpc) is 2.35. The minimum absolute atomic E-state index is 1.17. The summed E-state index contributed by atoms with van der Waals surface area (Å²) in [6.45, 7) is 4.18. The monoisotopic (exact) mass is 410 g/mol. The van der Waals surface area contributed by atoms with Crippen molar-refractivity contribution in [2.24, 2.45) is 0 Å². The molecule has 0 nitrogen and oxygen atoms in total. The normalized spacial score (nSPS) is 16.3. The molecule has 74 valence electrons. The SMILES string of the molecule is C=C1CCCCc2c1ccc(I)c2I. The maximum atomic E-state index is 4.18. The van der Waals surface area contributed by atoms with Gasteiger partial charge in [-0.2, -0.15) is 0 Å². The molecule has 0 heterocycles. The fourth-order valence-electron chi connectivity index (χ4n) is 1.94. The summed E-state index contributed by atoms with van der Waals surface area (Å²) in [4.78, 5) is 0. The van der Waals surface area contributed by atoms with Gasteiger partial charge in [-0.3, -0.25) is 0 Å². The van der Waals surface area contributed by atoms with E-state index in [1.54, 1.807) is 0 Å². The van der Waals surface area contributed by atoms with Gasteiger partial charge in [0, 0.05) is 7.14 Å². The fraction of sp³-hybridized carbons (Fsp3) is 0.333. The van der Waals surface area contributed by atoms with E-state index in [0.717, 1.165) is 0 Å². The first-order chi connectivity index (χ1) is 6.70. The second-order valence-electron chi connectivity index (χ2n) is 3.70. The second-order valence-corrected chi connectivity index (χ2v) is 5.94. The summed E-state index contributed by atoms with van der Waals surface area (Å²) >= 11 is 4.88. The number of allylic oxidation sites excluding steroid dienone is 1. The predicted molar refractivity (Wildman–Crippen MR) is 78.5 cm³/mol. The third-order valence-corrected chi connectivity index (χ3v) is 5.90. The third kappa shape index (κ3) is 2.01. The van der Waals surface area contributed by atoms with Crippen LogP contribution in [-0.2, 0) is 6.42 Å². The Bertz CT molecular complexity index is 380. The van der Waals surface area contributed by atoms with Crippen LogP contribution in [0.5, 0.6) is 0 Å². The van der Waals surface area contributed by atoms with Gasteiger partial charge in [0.15, 0.2) is 0 Å². The molecule has 0 saturated carbocycles. The van der Waals surface area contributed by atoms with E-state index >= 15 is 0 Å². The van der Waals surface area contributed by atoms with Crippen molar-refractivity contribution in [2.45, 2.75) is 25.7 Å². The highest BCUT2D eigenvalue weighted by molar-refractivity contribution is 14.1. The lowest BCUT2D eigenvalue weighted by Crippen LogP contribution is -1.96. The number of hydrogen-bond donors (Lipinski definition) is 0. The van der Waals surface area contributed by atoms with Gasteiger partial charge in [-0.25, -0.2) is 0 Å². The zero-order chi connectivity index (χ0) is 10.1. The van der Waals surface area contributed by atoms with Crippen LogP contribution in [0.25, 0.3) is 5.57 Å². The summed E-state index contributed by atoms with van der Waals surface area (Å²) in [5, 5.41) is 0. The van der Waals surface area contributed by atoms with Crippen molar-refractivity contribution in [3.8, 4) is 0 Å². The average molecular weight is 410 g/mol. The van der Waals surface area contributed by atoms with Crippen molar-refractivity contribution in [1.82, 2.24) is 0 Å². The number of halogens is 2. The van der Waals surface area contributed by atoms with Crippen LogP contribution < -0.4 is 0 Å². The van der Waals surface area contributed by atoms with Gasteiger partial charge in [-0.1, -0.05) is 12.6 Å². The van der Waals surface area contributed by atoms with Crippen LogP contribution >= 0.6 is 45.2 Å². The van der Waals surface area contributed by atoms with E-state index in [-0.39, 0.29) is 0 Å². The lowest BCUT2D eigenvalue weighted by atomic mass is 10.0. The zero-order valence-electron chi connectivity index (χ0n) is 7.95. The number of rotatable bonds is 0. The topological polar surface area (TPSA) is 0 Å². The van der Waals surface area contributed by atoms with Crippen molar-refractivity contribution in [3.05, 3.63) is 37.0 Å². The molecule has 0 radical (unpaired) electrons. The highest BCUT2D eigenvalue weighted by Gasteiger charge is 2.14. The molecule has 0 bridgehead atoms. The first-order valence-corrected chi connectivity index (χ1v) is 7.01. The van der Waals surface area contributed by atoms with Crippen molar-refractivity contribution in [3.63, 3.8) is 0 Å². The molecule has 0 fully saturated rings. The molecule has 0 unspecified atom stereocenters. The molecular weight excluding hydrogens is 398 g/mol. The molecule has 2 heteroatoms. The van der Waals surface area contributed by atoms with Crippen LogP contribution in [0.4, 0.5) is 0 Å². The van der Waals surface area contributed by atoms with E-state index in [9.17, 15) is 0 Å². The summed E-state index contributed by atoms with van der Waals surface area (Å²) in [5.41, 5.74) is 4.26. The minimum atomic E-state index is 1.17. The second kappa shape index (κ2) is 4.51. The van der Waals surface area contributed by atoms with E-state index < -0.39 is 0 Å². The molecule has 1 aliphatic rings. The van der Waals surface area contributed by atoms with E-state index in [0.29, 0.717) is 0 Å². The quantitative estimate of drug-likeness (QED) is 0.432. The van der Waals surface area contributed by atoms with Crippen molar-refractivity contribution >= 4 is 50.8 Å². The number of fused-ring (bicyclic) bond motifs is 1. The molecule has 0 amide bonds. The smallest absolute Gasteiger partial charge is 0.0301 e. The molecule has 0 saturated heterocycles. The van der Waals surface area contributed by atoms with Crippen LogP contribution in [0.15, 0.2) is 18.7 Å². The predicted octanol–water partition coefficient (Wildman–Crippen LogP) is 4.64. The molecule has 1 aliphatic carbocycles. The third-order valence-electron chi connectivity index (χ3n) is 2.73. The summed E-state index contributed by atoms with van der Waals surface area (Å²) in [7, 11) is 0. The van der Waals surface area contributed by atoms with Gasteiger partial charge < -0.3 is 0 Å². The van der Waals surface area contributed by atoms with Crippen LogP contribution in [0.3, 0.4) is 0 Å². The van der Waals surface area contributed by atoms with Crippen LogP contribution in [0.1, 0.15) is 30.4 Å². The summed E-state index contributed by atoms with van der Waals surface area (Å²) in [6, 6.07) is 4.45. The van der Waals surface area contributed by atoms with Crippen molar-refractivity contribution < 1.29 is 0 Å². The van der Waals surface area contributed by atoms with Gasteiger partial charge in [0.1, 0.15) is 0 Å². The van der Waals surface area contributed by atoms with Crippen LogP contribution in [0.2, 0.25) is 0 Å². The zero-order valence-corrected chi connectivity index (χ0v) is 12.3. The molecule has 14 heavy (non-hydrogen) atoms. The number of hydrogen-bond acceptors (Lipinski definition) is 0. The lowest BCUT2D eigenvalue weighted by molar-refractivity contribution is 0.769. The lowest BCUT2D eigenvalue weighted by Gasteiger charge is -2.10. The molecule has 1 aromatic rings. The van der Waals surface area contributed by atoms with E-state index in [1.165, 1.54) is 49.5 Å². The first-order valence-electron chi connectivity index (χ1n) is 4.85. The van der Waals surface area contributed by atoms with E-state index in [4.69, 9.17) is 0 Å². The molecule has 0 N–H and O–H groups in total. The van der Waals surface area contributed by atoms with Gasteiger partial charge >= 0.3 is 0 Å². The Morgan fingerprint density at radius 1 is 1.07 bits per heavy atom. The van der Waals surface area contributed by atoms with Crippen LogP contribution in [0, 0.1) is 7.14 Å². The molecule has 0 aliphatic heterocycles. The van der Waals surface area contributed by atoms with Gasteiger partial charge in [0.2, 0.25) is 0 Å². The Morgan fingerprint density at radius 2 is 1.79 bits per heavy atom. The van der Waals surface area contributed by atoms with Gasteiger partial charge in [-0.05, 0) is 93.6 Å². The van der Waals surface area contributed by atoms with Crippen molar-refractivity contribution in [2.75, 3.05) is 0 Å². The fourth-order valence-corrected chi connectivity index (χ4v) is 3.19. The molecular formula is C12H12I2. The highest BCUT2D eigenvalue weighted by atomic mass is 127.